The van der Waals surface area contributed by atoms with Crippen LogP contribution in [0.2, 0.25) is 0 Å². The van der Waals surface area contributed by atoms with Gasteiger partial charge in [0.25, 0.3) is 5.91 Å². The Morgan fingerprint density at radius 1 is 0.915 bits per heavy atom. The summed E-state index contributed by atoms with van der Waals surface area (Å²) >= 11 is 0. The molecule has 0 unspecified atom stereocenters. The van der Waals surface area contributed by atoms with Crippen LogP contribution in [0.1, 0.15) is 69.9 Å². The summed E-state index contributed by atoms with van der Waals surface area (Å²) in [4.78, 5) is 30.0. The summed E-state index contributed by atoms with van der Waals surface area (Å²) in [7, 11) is 0. The summed E-state index contributed by atoms with van der Waals surface area (Å²) in [6.45, 7) is 0.825. The fourth-order valence-electron chi connectivity index (χ4n) is 6.85. The highest BCUT2D eigenvalue weighted by molar-refractivity contribution is 6.09. The molecule has 1 heterocycles. The van der Waals surface area contributed by atoms with Gasteiger partial charge in [-0.3, -0.25) is 14.5 Å². The molecule has 6 nitrogen and oxygen atoms in total. The number of amides is 2. The van der Waals surface area contributed by atoms with E-state index >= 15 is 4.39 Å². The van der Waals surface area contributed by atoms with Crippen LogP contribution in [0.15, 0.2) is 84.9 Å². The first-order valence-electron chi connectivity index (χ1n) is 15.7. The summed E-state index contributed by atoms with van der Waals surface area (Å²) in [6, 6.07) is 21.6. The number of rotatable bonds is 7. The van der Waals surface area contributed by atoms with Crippen molar-refractivity contribution in [1.29, 1.82) is 0 Å². The number of alkyl halides is 3. The van der Waals surface area contributed by atoms with E-state index < -0.39 is 47.9 Å². The van der Waals surface area contributed by atoms with Gasteiger partial charge in [0.05, 0.1) is 29.7 Å². The maximum Gasteiger partial charge on any atom is 0.416 e. The predicted molar refractivity (Wildman–Crippen MR) is 173 cm³/mol. The number of hydrogen-bond acceptors (Lipinski definition) is 4. The van der Waals surface area contributed by atoms with Gasteiger partial charge in [-0.05, 0) is 84.8 Å². The van der Waals surface area contributed by atoms with Crippen LogP contribution < -0.4 is 15.5 Å². The number of fused-ring (bicyclic) bond motifs is 1. The highest BCUT2D eigenvalue weighted by Gasteiger charge is 2.43. The molecule has 4 aromatic carbocycles. The van der Waals surface area contributed by atoms with Crippen LogP contribution in [0.5, 0.6) is 0 Å². The molecule has 0 aromatic heterocycles. The molecule has 1 fully saturated rings. The lowest BCUT2D eigenvalue weighted by Crippen LogP contribution is -2.47. The molecule has 1 aliphatic carbocycles. The first-order chi connectivity index (χ1) is 22.5. The van der Waals surface area contributed by atoms with Crippen LogP contribution >= 0.6 is 0 Å². The monoisotopic (exact) mass is 645 g/mol. The number of carbonyl (C=O) groups excluding carboxylic acids is 2. The van der Waals surface area contributed by atoms with Crippen LogP contribution in [-0.2, 0) is 24.0 Å². The van der Waals surface area contributed by atoms with E-state index in [0.717, 1.165) is 43.5 Å². The molecule has 1 aliphatic heterocycles. The van der Waals surface area contributed by atoms with E-state index in [1.165, 1.54) is 23.1 Å². The molecule has 2 atom stereocenters. The number of nitrogens with one attached hydrogen (secondary N) is 2. The Morgan fingerprint density at radius 3 is 2.30 bits per heavy atom. The molecule has 0 spiro atoms. The Balaban J connectivity index is 1.44. The number of anilines is 3. The average molecular weight is 646 g/mol. The van der Waals surface area contributed by atoms with Gasteiger partial charge in [-0.25, -0.2) is 4.39 Å². The fraction of sp³-hybridized carbons (Fsp3) is 0.297. The zero-order valence-electron chi connectivity index (χ0n) is 25.8. The van der Waals surface area contributed by atoms with Gasteiger partial charge < -0.3 is 15.7 Å². The van der Waals surface area contributed by atoms with Gasteiger partial charge in [-0.1, -0.05) is 61.4 Å². The van der Waals surface area contributed by atoms with Crippen molar-refractivity contribution in [2.45, 2.75) is 63.9 Å². The van der Waals surface area contributed by atoms with E-state index in [2.05, 4.69) is 10.6 Å². The van der Waals surface area contributed by atoms with Gasteiger partial charge in [-0.2, -0.15) is 13.2 Å². The van der Waals surface area contributed by atoms with Crippen LogP contribution in [-0.4, -0.2) is 23.0 Å². The van der Waals surface area contributed by atoms with Crippen LogP contribution in [0, 0.1) is 18.7 Å². The zero-order valence-corrected chi connectivity index (χ0v) is 25.8. The normalized spacial score (nSPS) is 18.1. The highest BCUT2D eigenvalue weighted by atomic mass is 19.4. The predicted octanol–water partition coefficient (Wildman–Crippen LogP) is 8.20. The molecule has 0 bridgehead atoms. The van der Waals surface area contributed by atoms with Crippen molar-refractivity contribution in [3.63, 3.8) is 0 Å². The number of benzene rings is 4. The molecule has 0 saturated heterocycles. The molecule has 47 heavy (non-hydrogen) atoms. The number of nitrogens with zero attached hydrogens (tertiary/aromatic N) is 1. The number of hydrogen-bond donors (Lipinski definition) is 3. The van der Waals surface area contributed by atoms with E-state index in [1.807, 2.05) is 24.3 Å². The topological polar surface area (TPSA) is 81.7 Å². The second-order valence-electron chi connectivity index (χ2n) is 12.3. The number of aryl methyl sites for hydroxylation is 1. The van der Waals surface area contributed by atoms with Crippen LogP contribution in [0.4, 0.5) is 34.6 Å². The number of para-hydroxylation sites is 1. The summed E-state index contributed by atoms with van der Waals surface area (Å²) in [5.74, 6) is -2.89. The molecule has 1 saturated carbocycles. The maximum atomic E-state index is 15.3. The van der Waals surface area contributed by atoms with Crippen molar-refractivity contribution >= 4 is 28.9 Å². The zero-order chi connectivity index (χ0) is 33.3. The van der Waals surface area contributed by atoms with Crippen molar-refractivity contribution < 1.29 is 32.3 Å². The Kier molecular flexibility index (Phi) is 9.05. The standard InChI is InChI=1S/C37H35F4N3O3/c1-22-7-6-11-31(38)33(22)36(47)44-32-12-5-2-8-24(32)19-29(34(44)23-13-16-27(17-14-23)42-26-9-3-4-10-26)35(46)43-28-18-15-25(21-45)30(20-28)37(39,40)41/h2,5-8,11-18,20,26,29,34,42,45H,3-4,9-10,19,21H2,1H3,(H,43,46)/t29-,34-/m0/s1. The molecular weight excluding hydrogens is 610 g/mol. The van der Waals surface area contributed by atoms with Crippen molar-refractivity contribution in [3.8, 4) is 0 Å². The second-order valence-corrected chi connectivity index (χ2v) is 12.3. The molecule has 2 aliphatic rings. The van der Waals surface area contributed by atoms with Crippen molar-refractivity contribution in [1.82, 2.24) is 0 Å². The van der Waals surface area contributed by atoms with Gasteiger partial charge in [0.2, 0.25) is 5.91 Å². The molecular formula is C37H35F4N3O3. The molecule has 244 valence electrons. The Labute approximate surface area is 270 Å². The summed E-state index contributed by atoms with van der Waals surface area (Å²) in [6.07, 6.45) is -0.108. The quantitative estimate of drug-likeness (QED) is 0.177. The van der Waals surface area contributed by atoms with E-state index in [1.54, 1.807) is 37.3 Å². The molecule has 6 rings (SSSR count). The Bertz CT molecular complexity index is 1760. The second kappa shape index (κ2) is 13.2. The lowest BCUT2D eigenvalue weighted by atomic mass is 9.80. The largest absolute Gasteiger partial charge is 0.416 e. The van der Waals surface area contributed by atoms with Gasteiger partial charge in [-0.15, -0.1) is 0 Å². The minimum atomic E-state index is -4.75. The molecule has 10 heteroatoms. The lowest BCUT2D eigenvalue weighted by molar-refractivity contribution is -0.138. The maximum absolute atomic E-state index is 15.3. The number of carbonyl (C=O) groups is 2. The third kappa shape index (κ3) is 6.60. The van der Waals surface area contributed by atoms with E-state index in [-0.39, 0.29) is 23.2 Å². The third-order valence-electron chi connectivity index (χ3n) is 9.17. The molecule has 2 amide bonds. The molecule has 3 N–H and O–H groups in total. The minimum absolute atomic E-state index is 0.101. The molecule has 0 radical (unpaired) electrons. The first-order valence-corrected chi connectivity index (χ1v) is 15.7. The highest BCUT2D eigenvalue weighted by Crippen LogP contribution is 2.44. The molecule has 4 aromatic rings. The SMILES string of the molecule is Cc1cccc(F)c1C(=O)N1c2ccccc2C[C@H](C(=O)Nc2ccc(CO)c(C(F)(F)F)c2)[C@@H]1c1ccc(NC2CCCC2)cc1. The number of halogens is 4. The van der Waals surface area contributed by atoms with E-state index in [9.17, 15) is 27.9 Å². The number of aliphatic hydroxyl groups is 1. The van der Waals surface area contributed by atoms with E-state index in [4.69, 9.17) is 0 Å². The van der Waals surface area contributed by atoms with Crippen molar-refractivity contribution in [3.05, 3.63) is 124 Å². The summed E-state index contributed by atoms with van der Waals surface area (Å²) < 4.78 is 56.6. The van der Waals surface area contributed by atoms with E-state index in [0.29, 0.717) is 28.4 Å². The van der Waals surface area contributed by atoms with Crippen molar-refractivity contribution in [2.24, 2.45) is 5.92 Å². The third-order valence-corrected chi connectivity index (χ3v) is 9.17. The Morgan fingerprint density at radius 2 is 1.62 bits per heavy atom. The van der Waals surface area contributed by atoms with Gasteiger partial charge in [0.1, 0.15) is 5.82 Å². The van der Waals surface area contributed by atoms with Crippen LogP contribution in [0.25, 0.3) is 0 Å². The summed E-state index contributed by atoms with van der Waals surface area (Å²) in [5, 5.41) is 15.6. The lowest BCUT2D eigenvalue weighted by Gasteiger charge is -2.42. The minimum Gasteiger partial charge on any atom is -0.392 e. The van der Waals surface area contributed by atoms with Crippen molar-refractivity contribution in [2.75, 3.05) is 15.5 Å². The fourth-order valence-corrected chi connectivity index (χ4v) is 6.85. The van der Waals surface area contributed by atoms with Crippen LogP contribution in [0.3, 0.4) is 0 Å². The summed E-state index contributed by atoms with van der Waals surface area (Å²) in [5.41, 5.74) is 1.53. The number of aliphatic hydroxyl groups excluding tert-OH is 1. The van der Waals surface area contributed by atoms with Gasteiger partial charge >= 0.3 is 6.18 Å². The van der Waals surface area contributed by atoms with Gasteiger partial charge in [0.15, 0.2) is 0 Å². The van der Waals surface area contributed by atoms with Gasteiger partial charge in [0, 0.05) is 23.1 Å². The first kappa shape index (κ1) is 32.2. The Hall–Kier alpha value is -4.70. The average Bonchev–Trinajstić information content (AvgIpc) is 3.56. The smallest absolute Gasteiger partial charge is 0.392 e.